The van der Waals surface area contributed by atoms with E-state index in [9.17, 15) is 4.57 Å². The third-order valence-corrected chi connectivity index (χ3v) is 6.60. The van der Waals surface area contributed by atoms with Crippen molar-refractivity contribution >= 4 is 17.8 Å². The zero-order chi connectivity index (χ0) is 15.1. The first-order valence-corrected chi connectivity index (χ1v) is 8.67. The number of benzene rings is 2. The number of allylic oxidation sites excluding steroid dienone is 1. The second-order valence-electron chi connectivity index (χ2n) is 4.86. The lowest BCUT2D eigenvalue weighted by molar-refractivity contribution is 0.589. The molecule has 3 heteroatoms. The van der Waals surface area contributed by atoms with Crippen LogP contribution in [-0.4, -0.2) is 0 Å². The molecule has 0 aliphatic heterocycles. The Labute approximate surface area is 126 Å². The Hall–Kier alpha value is -2.10. The van der Waals surface area contributed by atoms with Gasteiger partial charge in [0.1, 0.15) is 0 Å². The third kappa shape index (κ3) is 3.32. The van der Waals surface area contributed by atoms with E-state index in [4.69, 9.17) is 5.26 Å². The lowest BCUT2D eigenvalue weighted by atomic mass is 10.2. The van der Waals surface area contributed by atoms with Gasteiger partial charge in [0.25, 0.3) is 0 Å². The smallest absolute Gasteiger partial charge is 0.166 e. The zero-order valence-corrected chi connectivity index (χ0v) is 12.8. The average Bonchev–Trinajstić information content (AvgIpc) is 2.56. The van der Waals surface area contributed by atoms with Crippen molar-refractivity contribution in [3.8, 4) is 6.07 Å². The van der Waals surface area contributed by atoms with Gasteiger partial charge in [-0.3, -0.25) is 0 Å². The summed E-state index contributed by atoms with van der Waals surface area (Å²) in [6.07, 6.45) is 1.76. The van der Waals surface area contributed by atoms with Crippen molar-refractivity contribution in [2.24, 2.45) is 0 Å². The molecule has 0 amide bonds. The predicted octanol–water partition coefficient (Wildman–Crippen LogP) is 4.21. The minimum absolute atomic E-state index is 0.461. The maximum absolute atomic E-state index is 13.7. The maximum Gasteiger partial charge on any atom is 0.166 e. The van der Waals surface area contributed by atoms with E-state index in [1.165, 1.54) is 0 Å². The van der Waals surface area contributed by atoms with E-state index in [0.717, 1.165) is 15.9 Å². The Morgan fingerprint density at radius 3 is 1.90 bits per heavy atom. The Morgan fingerprint density at radius 1 is 1.00 bits per heavy atom. The molecule has 0 saturated carbocycles. The lowest BCUT2D eigenvalue weighted by Gasteiger charge is -2.21. The summed E-state index contributed by atoms with van der Waals surface area (Å²) >= 11 is 0. The molecule has 0 radical (unpaired) electrons. The number of nitriles is 1. The van der Waals surface area contributed by atoms with E-state index in [2.05, 4.69) is 12.6 Å². The highest BCUT2D eigenvalue weighted by Gasteiger charge is 2.29. The summed E-state index contributed by atoms with van der Waals surface area (Å²) in [6.45, 7) is 4.08. The van der Waals surface area contributed by atoms with Crippen LogP contribution in [0.2, 0.25) is 0 Å². The topological polar surface area (TPSA) is 40.9 Å². The minimum atomic E-state index is -2.86. The second-order valence-corrected chi connectivity index (χ2v) is 7.74. The zero-order valence-electron chi connectivity index (χ0n) is 11.9. The highest BCUT2D eigenvalue weighted by atomic mass is 31.2. The molecule has 0 heterocycles. The summed E-state index contributed by atoms with van der Waals surface area (Å²) in [4.78, 5) is 0. The first-order chi connectivity index (χ1) is 10.2. The summed E-state index contributed by atoms with van der Waals surface area (Å²) in [7, 11) is -2.86. The molecule has 21 heavy (non-hydrogen) atoms. The molecule has 0 fully saturated rings. The Kier molecular flexibility index (Phi) is 5.14. The molecule has 0 unspecified atom stereocenters. The fourth-order valence-corrected chi connectivity index (χ4v) is 5.00. The average molecular weight is 295 g/mol. The number of rotatable bonds is 6. The van der Waals surface area contributed by atoms with E-state index in [1.54, 1.807) is 0 Å². The highest BCUT2D eigenvalue weighted by molar-refractivity contribution is 7.82. The summed E-state index contributed by atoms with van der Waals surface area (Å²) in [6, 6.07) is 21.1. The van der Waals surface area contributed by atoms with Crippen LogP contribution in [0.15, 0.2) is 72.6 Å². The first kappa shape index (κ1) is 15.3. The number of hydrogen-bond donors (Lipinski definition) is 0. The van der Waals surface area contributed by atoms with Gasteiger partial charge in [0.05, 0.1) is 6.07 Å². The van der Waals surface area contributed by atoms with Crippen LogP contribution in [-0.2, 0) is 4.57 Å². The molecule has 0 aliphatic rings. The monoisotopic (exact) mass is 295 g/mol. The lowest BCUT2D eigenvalue weighted by Crippen LogP contribution is -2.17. The Balaban J connectivity index is 2.43. The highest BCUT2D eigenvalue weighted by Crippen LogP contribution is 2.52. The van der Waals surface area contributed by atoms with Crippen molar-refractivity contribution in [2.45, 2.75) is 19.3 Å². The van der Waals surface area contributed by atoms with Crippen LogP contribution in [0.3, 0.4) is 0 Å². The van der Waals surface area contributed by atoms with Crippen molar-refractivity contribution in [3.05, 3.63) is 72.6 Å². The van der Waals surface area contributed by atoms with Crippen molar-refractivity contribution < 1.29 is 4.57 Å². The minimum Gasteiger partial charge on any atom is -0.309 e. The summed E-state index contributed by atoms with van der Waals surface area (Å²) < 4.78 is 13.7. The van der Waals surface area contributed by atoms with Crippen LogP contribution in [0.1, 0.15) is 19.3 Å². The maximum atomic E-state index is 13.7. The fraction of sp³-hybridized carbons (Fsp3) is 0.167. The van der Waals surface area contributed by atoms with Gasteiger partial charge in [-0.15, -0.1) is 0 Å². The molecular formula is C18H18NOP. The van der Waals surface area contributed by atoms with Crippen LogP contribution in [0.4, 0.5) is 0 Å². The van der Waals surface area contributed by atoms with E-state index >= 15 is 0 Å². The molecule has 0 atom stereocenters. The largest absolute Gasteiger partial charge is 0.309 e. The van der Waals surface area contributed by atoms with Gasteiger partial charge in [0.15, 0.2) is 7.14 Å². The number of hydrogen-bond acceptors (Lipinski definition) is 2. The van der Waals surface area contributed by atoms with Gasteiger partial charge in [-0.25, -0.2) is 0 Å². The van der Waals surface area contributed by atoms with Crippen LogP contribution in [0.5, 0.6) is 0 Å². The number of nitrogens with zero attached hydrogens (tertiary/aromatic N) is 1. The molecule has 2 nitrogen and oxygen atoms in total. The predicted molar refractivity (Wildman–Crippen MR) is 88.4 cm³/mol. The molecule has 0 saturated heterocycles. The molecule has 106 valence electrons. The van der Waals surface area contributed by atoms with E-state index < -0.39 is 7.14 Å². The van der Waals surface area contributed by atoms with Gasteiger partial charge in [0, 0.05) is 17.0 Å². The molecule has 0 bridgehead atoms. The van der Waals surface area contributed by atoms with Gasteiger partial charge in [0.2, 0.25) is 0 Å². The van der Waals surface area contributed by atoms with Gasteiger partial charge < -0.3 is 4.57 Å². The van der Waals surface area contributed by atoms with Crippen LogP contribution in [0, 0.1) is 11.3 Å². The van der Waals surface area contributed by atoms with Crippen molar-refractivity contribution in [3.63, 3.8) is 0 Å². The van der Waals surface area contributed by atoms with Gasteiger partial charge >= 0.3 is 0 Å². The van der Waals surface area contributed by atoms with Gasteiger partial charge in [-0.2, -0.15) is 5.26 Å². The molecule has 0 aliphatic carbocycles. The summed E-state index contributed by atoms with van der Waals surface area (Å²) in [5, 5.41) is 11.0. The van der Waals surface area contributed by atoms with Gasteiger partial charge in [-0.05, 0) is 18.2 Å². The number of unbranched alkanes of at least 4 members (excludes halogenated alkanes) is 1. The van der Waals surface area contributed by atoms with Crippen LogP contribution in [0.25, 0.3) is 0 Å². The van der Waals surface area contributed by atoms with E-state index in [0.29, 0.717) is 19.3 Å². The molecular weight excluding hydrogens is 277 g/mol. The molecule has 2 aromatic rings. The van der Waals surface area contributed by atoms with E-state index in [-0.39, 0.29) is 0 Å². The third-order valence-electron chi connectivity index (χ3n) is 3.44. The molecule has 2 rings (SSSR count). The van der Waals surface area contributed by atoms with Crippen molar-refractivity contribution in [2.75, 3.05) is 0 Å². The van der Waals surface area contributed by atoms with E-state index in [1.807, 2.05) is 60.7 Å². The normalized spacial score (nSPS) is 10.8. The standard InChI is InChI=1S/C18H18NOP/c1-16(10-8-9-15-19)21(20,17-11-4-2-5-12-17)18-13-6-3-7-14-18/h2-7,11-14H,1,8-10H2. The fourth-order valence-electron chi connectivity index (χ4n) is 2.32. The molecule has 0 N–H and O–H groups in total. The Bertz CT molecular complexity index is 643. The van der Waals surface area contributed by atoms with Crippen LogP contribution < -0.4 is 10.6 Å². The summed E-state index contributed by atoms with van der Waals surface area (Å²) in [5.74, 6) is 0. The molecule has 0 aromatic heterocycles. The van der Waals surface area contributed by atoms with Crippen LogP contribution >= 0.6 is 7.14 Å². The SMILES string of the molecule is C=C(CCCC#N)P(=O)(c1ccccc1)c1ccccc1. The second kappa shape index (κ2) is 7.07. The Morgan fingerprint density at radius 2 is 1.48 bits per heavy atom. The molecule has 0 spiro atoms. The van der Waals surface area contributed by atoms with Crippen molar-refractivity contribution in [1.82, 2.24) is 0 Å². The van der Waals surface area contributed by atoms with Gasteiger partial charge in [-0.1, -0.05) is 67.2 Å². The summed E-state index contributed by atoms with van der Waals surface area (Å²) in [5.41, 5.74) is 0. The van der Waals surface area contributed by atoms with Crippen molar-refractivity contribution in [1.29, 1.82) is 5.26 Å². The molecule has 2 aromatic carbocycles. The first-order valence-electron chi connectivity index (χ1n) is 6.96. The quantitative estimate of drug-likeness (QED) is 0.591.